The van der Waals surface area contributed by atoms with Crippen LogP contribution < -0.4 is 10.6 Å². The maximum absolute atomic E-state index is 12.3. The van der Waals surface area contributed by atoms with Crippen LogP contribution in [0.5, 0.6) is 5.75 Å². The predicted molar refractivity (Wildman–Crippen MR) is 152 cm³/mol. The molecule has 0 aliphatic heterocycles. The third-order valence-corrected chi connectivity index (χ3v) is 11.6. The summed E-state index contributed by atoms with van der Waals surface area (Å²) in [6, 6.07) is 13.9. The van der Waals surface area contributed by atoms with Crippen molar-refractivity contribution < 1.29 is 19.8 Å². The Kier molecular flexibility index (Phi) is 9.97. The Morgan fingerprint density at radius 1 is 1.14 bits per heavy atom. The summed E-state index contributed by atoms with van der Waals surface area (Å²) in [5, 5.41) is 26.2. The van der Waals surface area contributed by atoms with E-state index in [1.807, 2.05) is 37.4 Å². The molecule has 0 unspecified atom stereocenters. The van der Waals surface area contributed by atoms with E-state index >= 15 is 0 Å². The van der Waals surface area contributed by atoms with E-state index in [-0.39, 0.29) is 35.3 Å². The van der Waals surface area contributed by atoms with Crippen molar-refractivity contribution in [2.45, 2.75) is 89.6 Å². The summed E-state index contributed by atoms with van der Waals surface area (Å²) >= 11 is 0. The van der Waals surface area contributed by atoms with Gasteiger partial charge in [0.25, 0.3) is 0 Å². The van der Waals surface area contributed by atoms with Crippen molar-refractivity contribution in [3.63, 3.8) is 0 Å². The molecule has 1 aliphatic rings. The van der Waals surface area contributed by atoms with Crippen molar-refractivity contribution in [3.05, 3.63) is 64.7 Å². The number of amides is 1. The number of hydrogen-bond acceptors (Lipinski definition) is 5. The highest BCUT2D eigenvalue weighted by molar-refractivity contribution is 6.72. The highest BCUT2D eigenvalue weighted by Crippen LogP contribution is 2.44. The summed E-state index contributed by atoms with van der Waals surface area (Å²) in [5.74, 6) is 0.985. The van der Waals surface area contributed by atoms with Crippen LogP contribution in [0.2, 0.25) is 18.1 Å². The summed E-state index contributed by atoms with van der Waals surface area (Å²) in [6.45, 7) is 11.7. The molecule has 0 radical (unpaired) electrons. The number of carbonyl (C=O) groups excluding carboxylic acids is 1. The predicted octanol–water partition coefficient (Wildman–Crippen LogP) is 4.63. The van der Waals surface area contributed by atoms with Gasteiger partial charge in [-0.1, -0.05) is 44.2 Å². The van der Waals surface area contributed by atoms with Gasteiger partial charge in [-0.15, -0.1) is 0 Å². The molecular formula is C30H46N2O4Si. The fourth-order valence-corrected chi connectivity index (χ4v) is 5.37. The molecule has 7 heteroatoms. The van der Waals surface area contributed by atoms with Gasteiger partial charge in [0.15, 0.2) is 8.32 Å². The number of aromatic hydroxyl groups is 1. The minimum atomic E-state index is -2.42. The first-order chi connectivity index (χ1) is 17.4. The third kappa shape index (κ3) is 8.95. The molecule has 204 valence electrons. The van der Waals surface area contributed by atoms with Gasteiger partial charge in [-0.2, -0.15) is 0 Å². The number of carbonyl (C=O) groups is 1. The normalized spacial score (nSPS) is 15.9. The molecule has 2 aromatic carbocycles. The lowest BCUT2D eigenvalue weighted by molar-refractivity contribution is -0.120. The van der Waals surface area contributed by atoms with Gasteiger partial charge >= 0.3 is 0 Å². The molecule has 0 saturated heterocycles. The first kappa shape index (κ1) is 29.4. The first-order valence-electron chi connectivity index (χ1n) is 13.6. The summed E-state index contributed by atoms with van der Waals surface area (Å²) in [6.07, 6.45) is 4.51. The Balaban J connectivity index is 1.64. The maximum atomic E-state index is 12.3. The van der Waals surface area contributed by atoms with Crippen LogP contribution in [0, 0.1) is 5.92 Å². The van der Waals surface area contributed by atoms with Crippen molar-refractivity contribution in [2.75, 3.05) is 13.1 Å². The Hall–Kier alpha value is -2.19. The minimum absolute atomic E-state index is 0.0900. The van der Waals surface area contributed by atoms with Crippen LogP contribution in [0.1, 0.15) is 68.2 Å². The van der Waals surface area contributed by atoms with E-state index in [2.05, 4.69) is 43.5 Å². The summed E-state index contributed by atoms with van der Waals surface area (Å²) in [4.78, 5) is 23.2. The number of hydrogen-bond donors (Lipinski definition) is 5. The SMILES string of the molecule is C[C@H](Cc1cccc(CC(=O)NCC2CC2)c1)NC[C@H](CC(C)(C)[Si](C)(C)O)c1ccc(O)c(CO)c1. The van der Waals surface area contributed by atoms with Crippen LogP contribution in [0.25, 0.3) is 0 Å². The zero-order valence-corrected chi connectivity index (χ0v) is 24.2. The van der Waals surface area contributed by atoms with Gasteiger partial charge < -0.3 is 25.6 Å². The van der Waals surface area contributed by atoms with Crippen LogP contribution in [0.4, 0.5) is 0 Å². The lowest BCUT2D eigenvalue weighted by atomic mass is 9.88. The van der Waals surface area contributed by atoms with Crippen molar-refractivity contribution in [1.29, 1.82) is 0 Å². The van der Waals surface area contributed by atoms with Crippen molar-refractivity contribution in [1.82, 2.24) is 10.6 Å². The lowest BCUT2D eigenvalue weighted by Crippen LogP contribution is -2.41. The maximum Gasteiger partial charge on any atom is 0.224 e. The Bertz CT molecular complexity index is 1050. The highest BCUT2D eigenvalue weighted by atomic mass is 28.4. The standard InChI is InChI=1S/C30H46N2O4Si/c1-21(13-23-7-6-8-24(14-23)15-29(35)32-18-22-9-10-22)31-19-27(17-30(2,3)37(4,5)36)25-11-12-28(34)26(16-25)20-33/h6-8,11-12,14,16,21-22,27,31,33-34,36H,9-10,13,15,17-20H2,1-5H3,(H,32,35)/t21-,27+/m1/s1. The molecule has 0 aromatic heterocycles. The largest absolute Gasteiger partial charge is 0.508 e. The molecule has 37 heavy (non-hydrogen) atoms. The molecule has 6 nitrogen and oxygen atoms in total. The molecule has 0 spiro atoms. The second-order valence-corrected chi connectivity index (χ2v) is 16.6. The Morgan fingerprint density at radius 2 is 1.84 bits per heavy atom. The molecule has 1 amide bonds. The summed E-state index contributed by atoms with van der Waals surface area (Å²) in [5.41, 5.74) is 3.80. The van der Waals surface area contributed by atoms with E-state index in [9.17, 15) is 19.8 Å². The fraction of sp³-hybridized carbons (Fsp3) is 0.567. The number of nitrogens with one attached hydrogen (secondary N) is 2. The number of rotatable bonds is 14. The summed E-state index contributed by atoms with van der Waals surface area (Å²) in [7, 11) is -2.42. The van der Waals surface area contributed by atoms with Gasteiger partial charge in [-0.3, -0.25) is 4.79 Å². The van der Waals surface area contributed by atoms with Crippen molar-refractivity contribution in [2.24, 2.45) is 5.92 Å². The first-order valence-corrected chi connectivity index (χ1v) is 16.6. The molecule has 5 N–H and O–H groups in total. The van der Waals surface area contributed by atoms with E-state index in [0.717, 1.165) is 30.5 Å². The highest BCUT2D eigenvalue weighted by Gasteiger charge is 2.40. The van der Waals surface area contributed by atoms with Crippen LogP contribution in [-0.4, -0.2) is 48.4 Å². The quantitative estimate of drug-likeness (QED) is 0.231. The van der Waals surface area contributed by atoms with Crippen molar-refractivity contribution in [3.8, 4) is 5.75 Å². The van der Waals surface area contributed by atoms with Crippen molar-refractivity contribution >= 4 is 14.2 Å². The molecule has 1 aliphatic carbocycles. The zero-order valence-electron chi connectivity index (χ0n) is 23.2. The Morgan fingerprint density at radius 3 is 2.49 bits per heavy atom. The molecule has 0 bridgehead atoms. The summed E-state index contributed by atoms with van der Waals surface area (Å²) < 4.78 is 0. The monoisotopic (exact) mass is 526 g/mol. The van der Waals surface area contributed by atoms with Gasteiger partial charge in [0.2, 0.25) is 5.91 Å². The van der Waals surface area contributed by atoms with Gasteiger partial charge in [0, 0.05) is 24.7 Å². The smallest absolute Gasteiger partial charge is 0.224 e. The van der Waals surface area contributed by atoms with E-state index in [1.165, 1.54) is 18.4 Å². The minimum Gasteiger partial charge on any atom is -0.508 e. The topological polar surface area (TPSA) is 102 Å². The van der Waals surface area contributed by atoms with E-state index in [4.69, 9.17) is 0 Å². The lowest BCUT2D eigenvalue weighted by Gasteiger charge is -2.38. The molecule has 0 heterocycles. The number of phenols is 1. The number of aliphatic hydroxyl groups excluding tert-OH is 1. The van der Waals surface area contributed by atoms with Crippen LogP contribution in [-0.2, 0) is 24.2 Å². The van der Waals surface area contributed by atoms with Crippen LogP contribution in [0.15, 0.2) is 42.5 Å². The molecular weight excluding hydrogens is 480 g/mol. The van der Waals surface area contributed by atoms with Gasteiger partial charge in [-0.25, -0.2) is 0 Å². The molecule has 1 saturated carbocycles. The fourth-order valence-electron chi connectivity index (χ4n) is 4.62. The van der Waals surface area contributed by atoms with E-state index in [1.54, 1.807) is 6.07 Å². The molecule has 1 fully saturated rings. The van der Waals surface area contributed by atoms with Gasteiger partial charge in [0.1, 0.15) is 5.75 Å². The Labute approximate surface area is 223 Å². The van der Waals surface area contributed by atoms with E-state index < -0.39 is 8.32 Å². The van der Waals surface area contributed by atoms with Gasteiger partial charge in [-0.05, 0) is 91.4 Å². The second kappa shape index (κ2) is 12.6. The average molecular weight is 527 g/mol. The van der Waals surface area contributed by atoms with Gasteiger partial charge in [0.05, 0.1) is 13.0 Å². The third-order valence-electron chi connectivity index (χ3n) is 8.05. The molecule has 3 rings (SSSR count). The zero-order chi connectivity index (χ0) is 27.2. The number of benzene rings is 2. The van der Waals surface area contributed by atoms with E-state index in [0.29, 0.717) is 24.4 Å². The molecule has 2 aromatic rings. The second-order valence-electron chi connectivity index (χ2n) is 12.1. The number of aliphatic hydroxyl groups is 1. The molecule has 2 atom stereocenters. The average Bonchev–Trinajstić information content (AvgIpc) is 3.65. The van der Waals surface area contributed by atoms with Crippen LogP contribution in [0.3, 0.4) is 0 Å². The van der Waals surface area contributed by atoms with Crippen LogP contribution >= 0.6 is 0 Å².